The Labute approximate surface area is 194 Å². The molecule has 0 spiro atoms. The lowest BCUT2D eigenvalue weighted by Gasteiger charge is -2.35. The number of carbonyl (C=O) groups excluding carboxylic acids is 3. The second-order valence-corrected chi connectivity index (χ2v) is 8.76. The van der Waals surface area contributed by atoms with E-state index in [2.05, 4.69) is 5.32 Å². The number of benzene rings is 1. The van der Waals surface area contributed by atoms with Gasteiger partial charge in [-0.25, -0.2) is 0 Å². The standard InChI is InChI=1S/C26H31N3O4/c30-24(13-12-20-7-4-5-8-20)28-14-16-29(17-15-28)26(32)23(19-22-11-6-18-33-22)27-25(31)21-9-2-1-3-10-21/h1-3,6,9-11,18-20H,4-5,7-8,12-17H2,(H,27,31)/b23-19-. The molecule has 1 aromatic heterocycles. The second-order valence-electron chi connectivity index (χ2n) is 8.76. The molecule has 2 aromatic rings. The van der Waals surface area contributed by atoms with Gasteiger partial charge in [-0.3, -0.25) is 14.4 Å². The molecule has 33 heavy (non-hydrogen) atoms. The van der Waals surface area contributed by atoms with E-state index in [0.29, 0.717) is 49.8 Å². The Morgan fingerprint density at radius 3 is 2.30 bits per heavy atom. The number of carbonyl (C=O) groups is 3. The molecule has 1 saturated heterocycles. The molecule has 4 rings (SSSR count). The van der Waals surface area contributed by atoms with E-state index in [1.165, 1.54) is 31.9 Å². The van der Waals surface area contributed by atoms with Gasteiger partial charge in [0, 0.05) is 44.2 Å². The van der Waals surface area contributed by atoms with E-state index in [9.17, 15) is 14.4 Å². The summed E-state index contributed by atoms with van der Waals surface area (Å²) < 4.78 is 5.36. The van der Waals surface area contributed by atoms with Crippen LogP contribution in [0.1, 0.15) is 54.6 Å². The second kappa shape index (κ2) is 11.0. The monoisotopic (exact) mass is 449 g/mol. The van der Waals surface area contributed by atoms with Crippen molar-refractivity contribution in [3.05, 3.63) is 65.7 Å². The molecule has 1 aromatic carbocycles. The minimum Gasteiger partial charge on any atom is -0.465 e. The number of amides is 3. The highest BCUT2D eigenvalue weighted by molar-refractivity contribution is 6.05. The fraction of sp³-hybridized carbons (Fsp3) is 0.423. The van der Waals surface area contributed by atoms with Gasteiger partial charge in [0.1, 0.15) is 11.5 Å². The Balaban J connectivity index is 1.36. The Morgan fingerprint density at radius 2 is 1.64 bits per heavy atom. The van der Waals surface area contributed by atoms with Gasteiger partial charge in [0.05, 0.1) is 6.26 Å². The van der Waals surface area contributed by atoms with E-state index in [1.807, 2.05) is 11.0 Å². The number of rotatable bonds is 7. The molecule has 0 atom stereocenters. The normalized spacial score (nSPS) is 17.3. The summed E-state index contributed by atoms with van der Waals surface area (Å²) in [4.78, 5) is 42.1. The third-order valence-electron chi connectivity index (χ3n) is 6.51. The zero-order valence-electron chi connectivity index (χ0n) is 18.9. The summed E-state index contributed by atoms with van der Waals surface area (Å²) >= 11 is 0. The number of piperazine rings is 1. The largest absolute Gasteiger partial charge is 0.465 e. The van der Waals surface area contributed by atoms with Crippen LogP contribution < -0.4 is 5.32 Å². The van der Waals surface area contributed by atoms with Crippen molar-refractivity contribution in [2.45, 2.75) is 38.5 Å². The Morgan fingerprint density at radius 1 is 0.939 bits per heavy atom. The molecule has 7 nitrogen and oxygen atoms in total. The third-order valence-corrected chi connectivity index (χ3v) is 6.51. The van der Waals surface area contributed by atoms with Gasteiger partial charge in [0.15, 0.2) is 0 Å². The Kier molecular flexibility index (Phi) is 7.60. The number of nitrogens with one attached hydrogen (secondary N) is 1. The molecule has 1 aliphatic heterocycles. The van der Waals surface area contributed by atoms with Crippen LogP contribution in [0.4, 0.5) is 0 Å². The number of nitrogens with zero attached hydrogens (tertiary/aromatic N) is 2. The first-order valence-electron chi connectivity index (χ1n) is 11.8. The fourth-order valence-corrected chi connectivity index (χ4v) is 4.56. The molecule has 1 N–H and O–H groups in total. The van der Waals surface area contributed by atoms with Crippen molar-refractivity contribution >= 4 is 23.8 Å². The van der Waals surface area contributed by atoms with Crippen LogP contribution in [-0.2, 0) is 9.59 Å². The number of furan rings is 1. The van der Waals surface area contributed by atoms with Crippen molar-refractivity contribution in [1.82, 2.24) is 15.1 Å². The highest BCUT2D eigenvalue weighted by atomic mass is 16.3. The topological polar surface area (TPSA) is 82.9 Å². The molecular formula is C26H31N3O4. The minimum atomic E-state index is -0.359. The van der Waals surface area contributed by atoms with Crippen molar-refractivity contribution in [2.24, 2.45) is 5.92 Å². The maximum atomic E-state index is 13.3. The SMILES string of the molecule is O=C(N/C(=C\c1ccco1)C(=O)N1CCN(C(=O)CCC2CCCC2)CC1)c1ccccc1. The molecule has 174 valence electrons. The van der Waals surface area contributed by atoms with Gasteiger partial charge in [0.25, 0.3) is 11.8 Å². The van der Waals surface area contributed by atoms with Crippen molar-refractivity contribution in [2.75, 3.05) is 26.2 Å². The van der Waals surface area contributed by atoms with Gasteiger partial charge in [-0.05, 0) is 36.6 Å². The summed E-state index contributed by atoms with van der Waals surface area (Å²) in [5.74, 6) is 0.709. The average molecular weight is 450 g/mol. The molecule has 0 unspecified atom stereocenters. The zero-order valence-corrected chi connectivity index (χ0v) is 18.9. The lowest BCUT2D eigenvalue weighted by atomic mass is 10.0. The summed E-state index contributed by atoms with van der Waals surface area (Å²) in [6.45, 7) is 1.89. The first kappa shape index (κ1) is 22.8. The van der Waals surface area contributed by atoms with Crippen LogP contribution in [0.3, 0.4) is 0 Å². The molecule has 3 amide bonds. The molecule has 0 radical (unpaired) electrons. The highest BCUT2D eigenvalue weighted by Crippen LogP contribution is 2.28. The van der Waals surface area contributed by atoms with Crippen molar-refractivity contribution in [3.8, 4) is 0 Å². The predicted octanol–water partition coefficient (Wildman–Crippen LogP) is 3.69. The quantitative estimate of drug-likeness (QED) is 0.654. The molecule has 7 heteroatoms. The molecular weight excluding hydrogens is 418 g/mol. The van der Waals surface area contributed by atoms with Gasteiger partial charge in [-0.2, -0.15) is 0 Å². The number of hydrogen-bond acceptors (Lipinski definition) is 4. The molecule has 2 fully saturated rings. The fourth-order valence-electron chi connectivity index (χ4n) is 4.56. The van der Waals surface area contributed by atoms with Crippen LogP contribution in [0.2, 0.25) is 0 Å². The minimum absolute atomic E-state index is 0.153. The molecule has 1 aliphatic carbocycles. The van der Waals surface area contributed by atoms with E-state index < -0.39 is 0 Å². The van der Waals surface area contributed by atoms with E-state index >= 15 is 0 Å². The molecule has 2 aliphatic rings. The first-order chi connectivity index (χ1) is 16.1. The van der Waals surface area contributed by atoms with E-state index in [0.717, 1.165) is 6.42 Å². The molecule has 1 saturated carbocycles. The van der Waals surface area contributed by atoms with Gasteiger partial charge < -0.3 is 19.5 Å². The van der Waals surface area contributed by atoms with Crippen molar-refractivity contribution in [1.29, 1.82) is 0 Å². The summed E-state index contributed by atoms with van der Waals surface area (Å²) in [5, 5.41) is 2.74. The molecule has 0 bridgehead atoms. The van der Waals surface area contributed by atoms with Crippen LogP contribution >= 0.6 is 0 Å². The van der Waals surface area contributed by atoms with Crippen LogP contribution in [0.25, 0.3) is 6.08 Å². The third kappa shape index (κ3) is 6.12. The van der Waals surface area contributed by atoms with Gasteiger partial charge in [-0.15, -0.1) is 0 Å². The summed E-state index contributed by atoms with van der Waals surface area (Å²) in [7, 11) is 0. The Hall–Kier alpha value is -3.35. The summed E-state index contributed by atoms with van der Waals surface area (Å²) in [6, 6.07) is 12.2. The van der Waals surface area contributed by atoms with E-state index in [4.69, 9.17) is 4.42 Å². The summed E-state index contributed by atoms with van der Waals surface area (Å²) in [6.07, 6.45) is 9.69. The van der Waals surface area contributed by atoms with Gasteiger partial charge >= 0.3 is 0 Å². The van der Waals surface area contributed by atoms with Crippen LogP contribution in [-0.4, -0.2) is 53.7 Å². The summed E-state index contributed by atoms with van der Waals surface area (Å²) in [5.41, 5.74) is 0.619. The van der Waals surface area contributed by atoms with Crippen molar-refractivity contribution in [3.63, 3.8) is 0 Å². The predicted molar refractivity (Wildman–Crippen MR) is 125 cm³/mol. The Bertz CT molecular complexity index is 970. The van der Waals surface area contributed by atoms with Crippen LogP contribution in [0.15, 0.2) is 58.8 Å². The zero-order chi connectivity index (χ0) is 23.0. The van der Waals surface area contributed by atoms with Gasteiger partial charge in [0.2, 0.25) is 5.91 Å². The maximum absolute atomic E-state index is 13.3. The lowest BCUT2D eigenvalue weighted by molar-refractivity contribution is -0.137. The smallest absolute Gasteiger partial charge is 0.270 e. The van der Waals surface area contributed by atoms with E-state index in [1.54, 1.807) is 47.4 Å². The highest BCUT2D eigenvalue weighted by Gasteiger charge is 2.27. The van der Waals surface area contributed by atoms with Crippen LogP contribution in [0.5, 0.6) is 0 Å². The van der Waals surface area contributed by atoms with Crippen LogP contribution in [0, 0.1) is 5.92 Å². The lowest BCUT2D eigenvalue weighted by Crippen LogP contribution is -2.52. The van der Waals surface area contributed by atoms with Gasteiger partial charge in [-0.1, -0.05) is 43.9 Å². The number of hydrogen-bond donors (Lipinski definition) is 1. The first-order valence-corrected chi connectivity index (χ1v) is 11.8. The van der Waals surface area contributed by atoms with Crippen molar-refractivity contribution < 1.29 is 18.8 Å². The average Bonchev–Trinajstić information content (AvgIpc) is 3.57. The van der Waals surface area contributed by atoms with E-state index in [-0.39, 0.29) is 23.4 Å². The maximum Gasteiger partial charge on any atom is 0.270 e. The molecule has 2 heterocycles.